The third kappa shape index (κ3) is 6.46. The van der Waals surface area contributed by atoms with Crippen LogP contribution in [0.4, 0.5) is 11.6 Å². The number of nitriles is 2. The molecule has 18 heteroatoms. The number of hydrogen-bond donors (Lipinski definition) is 0. The number of nitrogens with zero attached hydrogens (tertiary/aromatic N) is 18. The van der Waals surface area contributed by atoms with Crippen LogP contribution in [-0.2, 0) is 6.42 Å². The van der Waals surface area contributed by atoms with Gasteiger partial charge in [0.2, 0.25) is 11.9 Å². The van der Waals surface area contributed by atoms with Crippen molar-refractivity contribution in [1.82, 2.24) is 68.6 Å². The standard InChI is InChI=1S/C45H42N18/c1-6-33-42-56-52-26-60(42)35-24-50-44(58-18-16-48-38(58)31-12-8-10-29(20-31)22-46)53-40(35)62(33)28(5)14-15-37-55-57-43-34(7-2)61(27(3)4)41-36(63(37)43)25-51-45(54-41)59-19-17-49-39(59)32-13-9-11-30(21-32)23-47/h8-13,16-21,24-28,33-34H,6-7,14-15H2,1-5H3. The van der Waals surface area contributed by atoms with Gasteiger partial charge in [0, 0.05) is 54.4 Å². The average molecular weight is 835 g/mol. The van der Waals surface area contributed by atoms with Crippen LogP contribution >= 0.6 is 0 Å². The van der Waals surface area contributed by atoms with Crippen molar-refractivity contribution in [2.45, 2.75) is 84.5 Å². The van der Waals surface area contributed by atoms with Crippen LogP contribution in [0.15, 0.2) is 92.0 Å². The van der Waals surface area contributed by atoms with Crippen molar-refractivity contribution >= 4 is 11.6 Å². The highest BCUT2D eigenvalue weighted by atomic mass is 15.4. The minimum absolute atomic E-state index is 0.0422. The Bertz CT molecular complexity index is 3080. The van der Waals surface area contributed by atoms with Gasteiger partial charge in [0.25, 0.3) is 0 Å². The van der Waals surface area contributed by atoms with Gasteiger partial charge in [-0.05, 0) is 64.3 Å². The van der Waals surface area contributed by atoms with Gasteiger partial charge in [-0.1, -0.05) is 38.1 Å². The van der Waals surface area contributed by atoms with E-state index < -0.39 is 0 Å². The maximum atomic E-state index is 9.58. The molecule has 0 fully saturated rings. The molecule has 8 aromatic rings. The van der Waals surface area contributed by atoms with Crippen molar-refractivity contribution in [3.05, 3.63) is 121 Å². The number of anilines is 2. The second-order valence-electron chi connectivity index (χ2n) is 15.9. The summed E-state index contributed by atoms with van der Waals surface area (Å²) in [5, 5.41) is 37.7. The lowest BCUT2D eigenvalue weighted by molar-refractivity contribution is 0.459. The van der Waals surface area contributed by atoms with Gasteiger partial charge in [-0.15, -0.1) is 20.4 Å². The van der Waals surface area contributed by atoms with E-state index in [1.807, 2.05) is 74.9 Å². The number of aryl methyl sites for hydroxylation is 1. The van der Waals surface area contributed by atoms with Crippen LogP contribution in [0.25, 0.3) is 46.0 Å². The van der Waals surface area contributed by atoms with E-state index in [0.29, 0.717) is 47.5 Å². The molecule has 0 amide bonds. The Kier molecular flexibility index (Phi) is 9.75. The molecule has 10 rings (SSSR count). The maximum Gasteiger partial charge on any atom is 0.237 e. The summed E-state index contributed by atoms with van der Waals surface area (Å²) in [6.07, 6.45) is 15.3. The van der Waals surface area contributed by atoms with Crippen LogP contribution in [0.2, 0.25) is 0 Å². The van der Waals surface area contributed by atoms with E-state index in [4.69, 9.17) is 30.1 Å². The van der Waals surface area contributed by atoms with Crippen molar-refractivity contribution in [3.63, 3.8) is 0 Å². The lowest BCUT2D eigenvalue weighted by Gasteiger charge is -2.41. The van der Waals surface area contributed by atoms with Gasteiger partial charge < -0.3 is 9.80 Å². The third-order valence-corrected chi connectivity index (χ3v) is 11.9. The van der Waals surface area contributed by atoms with E-state index in [1.165, 1.54) is 0 Å². The summed E-state index contributed by atoms with van der Waals surface area (Å²) in [6, 6.07) is 19.0. The van der Waals surface area contributed by atoms with Crippen LogP contribution in [0, 0.1) is 22.7 Å². The summed E-state index contributed by atoms with van der Waals surface area (Å²) in [6.45, 7) is 10.8. The van der Waals surface area contributed by atoms with Crippen LogP contribution < -0.4 is 9.80 Å². The lowest BCUT2D eigenvalue weighted by Crippen LogP contribution is -2.42. The van der Waals surface area contributed by atoms with Crippen LogP contribution in [-0.4, -0.2) is 80.7 Å². The predicted molar refractivity (Wildman–Crippen MR) is 232 cm³/mol. The predicted octanol–water partition coefficient (Wildman–Crippen LogP) is 6.85. The Morgan fingerprint density at radius 2 is 1.25 bits per heavy atom. The first-order chi connectivity index (χ1) is 30.8. The molecular formula is C45H42N18. The number of rotatable bonds is 11. The fourth-order valence-electron chi connectivity index (χ4n) is 8.99. The average Bonchev–Trinajstić information content (AvgIpc) is 4.17. The van der Waals surface area contributed by atoms with Gasteiger partial charge in [-0.25, -0.2) is 19.9 Å². The molecule has 0 bridgehead atoms. The zero-order valence-corrected chi connectivity index (χ0v) is 35.3. The minimum Gasteiger partial charge on any atom is -0.342 e. The van der Waals surface area contributed by atoms with E-state index in [2.05, 4.69) is 81.3 Å². The molecule has 3 unspecified atom stereocenters. The molecule has 3 atom stereocenters. The third-order valence-electron chi connectivity index (χ3n) is 11.9. The molecule has 0 saturated carbocycles. The Labute approximate surface area is 362 Å². The van der Waals surface area contributed by atoms with Gasteiger partial charge in [0.1, 0.15) is 35.2 Å². The van der Waals surface area contributed by atoms with Gasteiger partial charge >= 0.3 is 0 Å². The lowest BCUT2D eigenvalue weighted by atomic mass is 10.0. The van der Waals surface area contributed by atoms with E-state index in [0.717, 1.165) is 64.5 Å². The molecule has 2 aromatic carbocycles. The van der Waals surface area contributed by atoms with E-state index in [9.17, 15) is 10.5 Å². The molecule has 2 aliphatic heterocycles. The molecule has 2 aliphatic rings. The van der Waals surface area contributed by atoms with Crippen molar-refractivity contribution in [3.8, 4) is 58.2 Å². The monoisotopic (exact) mass is 834 g/mol. The molecule has 8 heterocycles. The number of aromatic nitrogens is 14. The molecule has 6 aromatic heterocycles. The first-order valence-electron chi connectivity index (χ1n) is 21.1. The van der Waals surface area contributed by atoms with Gasteiger partial charge in [-0.2, -0.15) is 20.5 Å². The van der Waals surface area contributed by atoms with Crippen LogP contribution in [0.1, 0.15) is 94.6 Å². The number of hydrogen-bond acceptors (Lipinski definition) is 14. The van der Waals surface area contributed by atoms with Crippen molar-refractivity contribution < 1.29 is 0 Å². The highest BCUT2D eigenvalue weighted by Crippen LogP contribution is 2.43. The summed E-state index contributed by atoms with van der Waals surface area (Å²) in [5.41, 5.74) is 4.26. The Hall–Kier alpha value is -8.12. The van der Waals surface area contributed by atoms with E-state index in [1.54, 1.807) is 30.9 Å². The highest BCUT2D eigenvalue weighted by Gasteiger charge is 2.39. The topological polar surface area (TPSA) is 203 Å². The largest absolute Gasteiger partial charge is 0.342 e. The first kappa shape index (κ1) is 39.0. The fraction of sp³-hybridized carbons (Fsp3) is 0.289. The quantitative estimate of drug-likeness (QED) is 0.131. The van der Waals surface area contributed by atoms with Crippen LogP contribution in [0.5, 0.6) is 0 Å². The van der Waals surface area contributed by atoms with Crippen LogP contribution in [0.3, 0.4) is 0 Å². The smallest absolute Gasteiger partial charge is 0.237 e. The highest BCUT2D eigenvalue weighted by molar-refractivity contribution is 5.66. The molecule has 312 valence electrons. The first-order valence-corrected chi connectivity index (χ1v) is 21.1. The zero-order valence-electron chi connectivity index (χ0n) is 35.3. The Morgan fingerprint density at radius 3 is 1.84 bits per heavy atom. The Morgan fingerprint density at radius 1 is 0.667 bits per heavy atom. The van der Waals surface area contributed by atoms with Crippen molar-refractivity contribution in [1.29, 1.82) is 10.5 Å². The Balaban J connectivity index is 1.00. The minimum atomic E-state index is -0.119. The van der Waals surface area contributed by atoms with E-state index >= 15 is 0 Å². The number of fused-ring (bicyclic) bond motifs is 6. The van der Waals surface area contributed by atoms with E-state index in [-0.39, 0.29) is 24.2 Å². The summed E-state index contributed by atoms with van der Waals surface area (Å²) in [4.78, 5) is 34.1. The second kappa shape index (κ2) is 15.7. The molecule has 18 nitrogen and oxygen atoms in total. The summed E-state index contributed by atoms with van der Waals surface area (Å²) < 4.78 is 7.82. The number of imidazole rings is 2. The molecule has 0 radical (unpaired) electrons. The SMILES string of the molecule is CCC1c2nnc(CCC(C)N3c4nc(-n5ccnc5-c5cccc(C#N)c5)ncc4-n4cnnc4C3CC)n2-c2cnc(-n3ccnc3-c3cccc(C#N)c3)nc2N1C(C)C. The van der Waals surface area contributed by atoms with Gasteiger partial charge in [0.05, 0.1) is 47.7 Å². The molecular weight excluding hydrogens is 793 g/mol. The molecule has 0 aliphatic carbocycles. The summed E-state index contributed by atoms with van der Waals surface area (Å²) >= 11 is 0. The summed E-state index contributed by atoms with van der Waals surface area (Å²) in [7, 11) is 0. The van der Waals surface area contributed by atoms with Crippen molar-refractivity contribution in [2.75, 3.05) is 9.80 Å². The molecule has 0 saturated heterocycles. The maximum absolute atomic E-state index is 9.58. The molecule has 63 heavy (non-hydrogen) atoms. The fourth-order valence-corrected chi connectivity index (χ4v) is 8.99. The van der Waals surface area contributed by atoms with Crippen molar-refractivity contribution in [2.24, 2.45) is 0 Å². The summed E-state index contributed by atoms with van der Waals surface area (Å²) in [5.74, 6) is 6.22. The van der Waals surface area contributed by atoms with Gasteiger partial charge in [0.15, 0.2) is 23.3 Å². The zero-order chi connectivity index (χ0) is 43.4. The molecule has 0 spiro atoms. The normalized spacial score (nSPS) is 15.6. The molecule has 0 N–H and O–H groups in total. The number of benzene rings is 2. The second-order valence-corrected chi connectivity index (χ2v) is 15.9. The van der Waals surface area contributed by atoms with Gasteiger partial charge in [-0.3, -0.25) is 18.3 Å².